The van der Waals surface area contributed by atoms with Crippen LogP contribution in [-0.2, 0) is 9.59 Å². The van der Waals surface area contributed by atoms with Crippen molar-refractivity contribution in [3.8, 4) is 5.75 Å². The van der Waals surface area contributed by atoms with Crippen LogP contribution in [0.5, 0.6) is 5.75 Å². The number of rotatable bonds is 9. The Morgan fingerprint density at radius 3 is 2.56 bits per heavy atom. The fourth-order valence-electron chi connectivity index (χ4n) is 4.33. The summed E-state index contributed by atoms with van der Waals surface area (Å²) >= 11 is 11.9. The van der Waals surface area contributed by atoms with Crippen LogP contribution in [0.2, 0.25) is 0 Å². The van der Waals surface area contributed by atoms with Crippen molar-refractivity contribution in [2.24, 2.45) is 0 Å². The number of alkyl halides is 2. The number of anilines is 4. The molecule has 0 bridgehead atoms. The van der Waals surface area contributed by atoms with Crippen molar-refractivity contribution in [2.75, 3.05) is 58.9 Å². The summed E-state index contributed by atoms with van der Waals surface area (Å²) < 4.78 is 0. The number of phenols is 1. The predicted molar refractivity (Wildman–Crippen MR) is 137 cm³/mol. The van der Waals surface area contributed by atoms with Gasteiger partial charge in [0, 0.05) is 55.9 Å². The number of likely N-dealkylation sites (N-methyl/N-ethyl adjacent to an activating group) is 1. The van der Waals surface area contributed by atoms with E-state index < -0.39 is 0 Å². The van der Waals surface area contributed by atoms with Gasteiger partial charge < -0.3 is 30.4 Å². The number of carbonyl (C=O) groups excluding carboxylic acids is 2. The average Bonchev–Trinajstić information content (AvgIpc) is 2.83. The van der Waals surface area contributed by atoms with E-state index in [1.54, 1.807) is 23.1 Å². The number of nitrogens with one attached hydrogen (secondary N) is 2. The quantitative estimate of drug-likeness (QED) is 0.210. The maximum Gasteiger partial charge on any atom is 0.251 e. The molecule has 2 aromatic rings. The number of nitrogens with zero attached hydrogens (tertiary/aromatic N) is 3. The first-order valence-corrected chi connectivity index (χ1v) is 12.1. The van der Waals surface area contributed by atoms with Crippen LogP contribution in [0.15, 0.2) is 54.6 Å². The third-order valence-corrected chi connectivity index (χ3v) is 6.35. The molecule has 180 valence electrons. The van der Waals surface area contributed by atoms with Gasteiger partial charge in [-0.3, -0.25) is 9.59 Å². The van der Waals surface area contributed by atoms with E-state index in [9.17, 15) is 14.7 Å². The third kappa shape index (κ3) is 4.88. The number of likely N-dealkylation sites (tertiary alicyclic amines) is 1. The number of hydrogen-bond acceptors (Lipinski definition) is 6. The van der Waals surface area contributed by atoms with Gasteiger partial charge in [0.05, 0.1) is 11.4 Å². The number of benzene rings is 2. The molecule has 4 rings (SSSR count). The van der Waals surface area contributed by atoms with Gasteiger partial charge in [-0.05, 0) is 42.5 Å². The average molecular weight is 504 g/mol. The highest BCUT2D eigenvalue weighted by atomic mass is 35.5. The third-order valence-electron chi connectivity index (χ3n) is 6.01. The van der Waals surface area contributed by atoms with Gasteiger partial charge in [-0.1, -0.05) is 6.08 Å². The van der Waals surface area contributed by atoms with E-state index in [0.717, 1.165) is 17.1 Å². The number of carbonyl (C=O) groups is 2. The minimum Gasteiger partial charge on any atom is -0.508 e. The summed E-state index contributed by atoms with van der Waals surface area (Å²) in [6.45, 7) is 1.70. The van der Waals surface area contributed by atoms with Crippen LogP contribution >= 0.6 is 23.2 Å². The number of halogens is 2. The molecule has 0 aliphatic carbocycles. The number of amides is 2. The minimum absolute atomic E-state index is 0.0186. The molecule has 34 heavy (non-hydrogen) atoms. The monoisotopic (exact) mass is 503 g/mol. The Morgan fingerprint density at radius 1 is 1.18 bits per heavy atom. The molecule has 0 saturated carbocycles. The lowest BCUT2D eigenvalue weighted by Gasteiger charge is -2.55. The smallest absolute Gasteiger partial charge is 0.251 e. The zero-order valence-corrected chi connectivity index (χ0v) is 20.3. The summed E-state index contributed by atoms with van der Waals surface area (Å²) in [6, 6.07) is 12.0. The lowest BCUT2D eigenvalue weighted by molar-refractivity contribution is -0.147. The summed E-state index contributed by atoms with van der Waals surface area (Å²) in [7, 11) is 1.97. The second-order valence-electron chi connectivity index (χ2n) is 8.14. The van der Waals surface area contributed by atoms with Crippen molar-refractivity contribution in [2.45, 2.75) is 12.2 Å². The van der Waals surface area contributed by atoms with Crippen LogP contribution in [-0.4, -0.2) is 72.5 Å². The molecule has 3 N–H and O–H groups in total. The molecule has 1 saturated heterocycles. The molecule has 8 nitrogen and oxygen atoms in total. The van der Waals surface area contributed by atoms with Gasteiger partial charge in [0.25, 0.3) is 5.91 Å². The van der Waals surface area contributed by atoms with Gasteiger partial charge >= 0.3 is 0 Å². The highest BCUT2D eigenvalue weighted by Gasteiger charge is 2.52. The van der Waals surface area contributed by atoms with E-state index in [1.165, 1.54) is 18.2 Å². The summed E-state index contributed by atoms with van der Waals surface area (Å²) in [5, 5.41) is 15.4. The largest absolute Gasteiger partial charge is 0.508 e. The minimum atomic E-state index is -0.346. The fourth-order valence-corrected chi connectivity index (χ4v) is 4.74. The van der Waals surface area contributed by atoms with Crippen molar-refractivity contribution in [1.29, 1.82) is 0 Å². The van der Waals surface area contributed by atoms with E-state index in [1.807, 2.05) is 25.2 Å². The van der Waals surface area contributed by atoms with E-state index in [0.29, 0.717) is 37.1 Å². The Morgan fingerprint density at radius 2 is 1.88 bits per heavy atom. The zero-order valence-electron chi connectivity index (χ0n) is 18.7. The van der Waals surface area contributed by atoms with Crippen molar-refractivity contribution in [3.05, 3.63) is 54.6 Å². The van der Waals surface area contributed by atoms with Crippen LogP contribution < -0.4 is 20.4 Å². The first kappa shape index (κ1) is 24.0. The van der Waals surface area contributed by atoms with E-state index in [4.69, 9.17) is 23.2 Å². The Bertz CT molecular complexity index is 1070. The maximum atomic E-state index is 12.8. The number of hydrogen-bond donors (Lipinski definition) is 3. The second kappa shape index (κ2) is 10.4. The van der Waals surface area contributed by atoms with Crippen molar-refractivity contribution < 1.29 is 14.7 Å². The Balaban J connectivity index is 1.40. The molecule has 2 aromatic carbocycles. The van der Waals surface area contributed by atoms with Crippen molar-refractivity contribution in [1.82, 2.24) is 4.90 Å². The number of aromatic hydroxyl groups is 1. The number of fused-ring (bicyclic) bond motifs is 2. The lowest BCUT2D eigenvalue weighted by Crippen LogP contribution is -2.74. The molecular weight excluding hydrogens is 477 g/mol. The molecule has 0 radical (unpaired) electrons. The van der Waals surface area contributed by atoms with Crippen LogP contribution in [0.1, 0.15) is 0 Å². The molecule has 2 unspecified atom stereocenters. The van der Waals surface area contributed by atoms with Gasteiger partial charge in [0.2, 0.25) is 5.91 Å². The van der Waals surface area contributed by atoms with Crippen LogP contribution in [0, 0.1) is 0 Å². The molecule has 1 fully saturated rings. The number of β-lactam (4-membered cyclic amide) rings is 1. The molecule has 2 atom stereocenters. The number of phenolic OH excluding ortho intramolecular Hbond substituents is 1. The fraction of sp³-hybridized carbons (Fsp3) is 0.333. The van der Waals surface area contributed by atoms with Gasteiger partial charge in [0.1, 0.15) is 18.0 Å². The Kier molecular flexibility index (Phi) is 7.38. The lowest BCUT2D eigenvalue weighted by atomic mass is 9.96. The summed E-state index contributed by atoms with van der Waals surface area (Å²) in [5.74, 6) is 0.807. The standard InChI is InChI=1S/C24H27Cl2N5O3/c1-29-20-9-6-17(30(13-10-25)14-11-26)15-19(20)28-22-23(29)31(24(22)34)12-2-3-21(33)27-16-4-7-18(32)8-5-16/h2-9,15,22-23,28,32H,10-14H2,1H3,(H,27,33)/b3-2+. The highest BCUT2D eigenvalue weighted by Crippen LogP contribution is 2.40. The van der Waals surface area contributed by atoms with Crippen LogP contribution in [0.25, 0.3) is 0 Å². The van der Waals surface area contributed by atoms with Gasteiger partial charge in [0.15, 0.2) is 0 Å². The predicted octanol–water partition coefficient (Wildman–Crippen LogP) is 3.27. The summed E-state index contributed by atoms with van der Waals surface area (Å²) in [4.78, 5) is 30.9. The van der Waals surface area contributed by atoms with Gasteiger partial charge in [-0.25, -0.2) is 0 Å². The maximum absolute atomic E-state index is 12.8. The Hall–Kier alpha value is -3.10. The molecule has 2 aliphatic heterocycles. The summed E-state index contributed by atoms with van der Waals surface area (Å²) in [5.41, 5.74) is 3.47. The van der Waals surface area contributed by atoms with Crippen LogP contribution in [0.4, 0.5) is 22.7 Å². The zero-order chi connectivity index (χ0) is 24.2. The van der Waals surface area contributed by atoms with E-state index >= 15 is 0 Å². The molecule has 10 heteroatoms. The molecular formula is C24H27Cl2N5O3. The Labute approximate surface area is 208 Å². The molecule has 0 aromatic heterocycles. The van der Waals surface area contributed by atoms with E-state index in [-0.39, 0.29) is 29.8 Å². The van der Waals surface area contributed by atoms with Crippen molar-refractivity contribution in [3.63, 3.8) is 0 Å². The molecule has 2 aliphatic rings. The highest BCUT2D eigenvalue weighted by molar-refractivity contribution is 6.18. The first-order chi connectivity index (χ1) is 16.4. The summed E-state index contributed by atoms with van der Waals surface area (Å²) in [6.07, 6.45) is 2.94. The first-order valence-electron chi connectivity index (χ1n) is 11.0. The second-order valence-corrected chi connectivity index (χ2v) is 8.90. The van der Waals surface area contributed by atoms with Crippen LogP contribution in [0.3, 0.4) is 0 Å². The van der Waals surface area contributed by atoms with Crippen molar-refractivity contribution >= 4 is 57.8 Å². The topological polar surface area (TPSA) is 88.2 Å². The molecule has 2 amide bonds. The molecule has 0 spiro atoms. The molecule has 2 heterocycles. The van der Waals surface area contributed by atoms with E-state index in [2.05, 4.69) is 20.4 Å². The SMILES string of the molecule is CN1c2ccc(N(CCCl)CCCl)cc2NC2C(=O)N(C/C=C/C(=O)Nc3ccc(O)cc3)C21. The van der Waals surface area contributed by atoms with Gasteiger partial charge in [-0.2, -0.15) is 0 Å². The van der Waals surface area contributed by atoms with Gasteiger partial charge in [-0.15, -0.1) is 23.2 Å². The normalized spacial score (nSPS) is 18.7.